The maximum atomic E-state index is 12.5. The third-order valence-corrected chi connectivity index (χ3v) is 6.22. The highest BCUT2D eigenvalue weighted by Crippen LogP contribution is 2.30. The minimum absolute atomic E-state index is 0.268. The number of carbonyl (C=O) groups is 1. The molecule has 0 radical (unpaired) electrons. The van der Waals surface area contributed by atoms with Gasteiger partial charge in [0.25, 0.3) is 10.2 Å². The van der Waals surface area contributed by atoms with Crippen LogP contribution in [0.2, 0.25) is 0 Å². The number of hydrogen-bond acceptors (Lipinski definition) is 6. The summed E-state index contributed by atoms with van der Waals surface area (Å²) in [5, 5.41) is 8.15. The average Bonchev–Trinajstić information content (AvgIpc) is 3.13. The molecule has 3 heterocycles. The van der Waals surface area contributed by atoms with Crippen LogP contribution in [0.4, 0.5) is 5.82 Å². The Morgan fingerprint density at radius 2 is 2.35 bits per heavy atom. The van der Waals surface area contributed by atoms with Gasteiger partial charge in [0.15, 0.2) is 5.82 Å². The Labute approximate surface area is 137 Å². The molecule has 23 heavy (non-hydrogen) atoms. The van der Waals surface area contributed by atoms with Crippen LogP contribution in [0, 0.1) is 6.92 Å². The molecule has 2 N–H and O–H groups in total. The summed E-state index contributed by atoms with van der Waals surface area (Å²) in [6.45, 7) is 1.70. The van der Waals surface area contributed by atoms with E-state index in [1.54, 1.807) is 13.0 Å². The highest BCUT2D eigenvalue weighted by Gasteiger charge is 2.41. The molecule has 124 valence electrons. The van der Waals surface area contributed by atoms with Crippen molar-refractivity contribution in [2.24, 2.45) is 0 Å². The molecule has 2 aromatic heterocycles. The van der Waals surface area contributed by atoms with E-state index in [0.717, 1.165) is 9.18 Å². The van der Waals surface area contributed by atoms with E-state index in [2.05, 4.69) is 15.2 Å². The molecule has 1 saturated heterocycles. The van der Waals surface area contributed by atoms with Crippen LogP contribution in [-0.2, 0) is 15.0 Å². The summed E-state index contributed by atoms with van der Waals surface area (Å²) < 4.78 is 33.1. The quantitative estimate of drug-likeness (QED) is 0.861. The van der Waals surface area contributed by atoms with Gasteiger partial charge in [0, 0.05) is 18.0 Å². The standard InChI is InChI=1S/C13H16N4O4S2/c1-8-6-12(15-21-8)14-13(18)10-7-9(11-4-3-5-22-11)16-23(19,20)17(10)2/h3-6,9-10,16H,7H2,1-2H3,(H,14,15,18). The second-order valence-electron chi connectivity index (χ2n) is 5.27. The summed E-state index contributed by atoms with van der Waals surface area (Å²) in [4.78, 5) is 13.3. The molecule has 2 unspecified atom stereocenters. The van der Waals surface area contributed by atoms with Crippen LogP contribution in [0.5, 0.6) is 0 Å². The molecule has 1 aliphatic heterocycles. The van der Waals surface area contributed by atoms with Crippen molar-refractivity contribution in [2.75, 3.05) is 12.4 Å². The van der Waals surface area contributed by atoms with E-state index in [9.17, 15) is 13.2 Å². The first-order chi connectivity index (χ1) is 10.9. The molecule has 3 rings (SSSR count). The lowest BCUT2D eigenvalue weighted by Gasteiger charge is -2.35. The number of aryl methyl sites for hydroxylation is 1. The molecule has 1 amide bonds. The van der Waals surface area contributed by atoms with Gasteiger partial charge < -0.3 is 9.84 Å². The molecule has 0 saturated carbocycles. The molecule has 0 aliphatic carbocycles. The number of aromatic nitrogens is 1. The highest BCUT2D eigenvalue weighted by atomic mass is 32.2. The van der Waals surface area contributed by atoms with E-state index in [4.69, 9.17) is 4.52 Å². The van der Waals surface area contributed by atoms with Crippen molar-refractivity contribution in [2.45, 2.75) is 25.4 Å². The Balaban J connectivity index is 1.82. The van der Waals surface area contributed by atoms with Crippen molar-refractivity contribution >= 4 is 33.3 Å². The Hall–Kier alpha value is -1.75. The maximum Gasteiger partial charge on any atom is 0.280 e. The van der Waals surface area contributed by atoms with Gasteiger partial charge in [-0.1, -0.05) is 11.2 Å². The van der Waals surface area contributed by atoms with Gasteiger partial charge in [0.1, 0.15) is 11.8 Å². The van der Waals surface area contributed by atoms with E-state index in [1.165, 1.54) is 18.4 Å². The Kier molecular flexibility index (Phi) is 4.23. The summed E-state index contributed by atoms with van der Waals surface area (Å²) in [5.74, 6) is 0.389. The van der Waals surface area contributed by atoms with Crippen molar-refractivity contribution in [1.29, 1.82) is 0 Å². The SMILES string of the molecule is Cc1cc(NC(=O)C2CC(c3cccs3)NS(=O)(=O)N2C)no1. The molecule has 8 nitrogen and oxygen atoms in total. The van der Waals surface area contributed by atoms with Gasteiger partial charge in [0.05, 0.1) is 6.04 Å². The molecular weight excluding hydrogens is 340 g/mol. The van der Waals surface area contributed by atoms with Crippen LogP contribution < -0.4 is 10.0 Å². The monoisotopic (exact) mass is 356 g/mol. The van der Waals surface area contributed by atoms with E-state index >= 15 is 0 Å². The predicted molar refractivity (Wildman–Crippen MR) is 85.2 cm³/mol. The lowest BCUT2D eigenvalue weighted by molar-refractivity contribution is -0.120. The molecular formula is C13H16N4O4S2. The fourth-order valence-electron chi connectivity index (χ4n) is 2.42. The van der Waals surface area contributed by atoms with Crippen molar-refractivity contribution in [3.8, 4) is 0 Å². The highest BCUT2D eigenvalue weighted by molar-refractivity contribution is 7.87. The first-order valence-electron chi connectivity index (χ1n) is 6.89. The number of likely N-dealkylation sites (N-methyl/N-ethyl adjacent to an activating group) is 1. The number of carbonyl (C=O) groups excluding carboxylic acids is 1. The second kappa shape index (κ2) is 6.04. The number of amides is 1. The number of nitrogens with zero attached hydrogens (tertiary/aromatic N) is 2. The van der Waals surface area contributed by atoms with Gasteiger partial charge in [0.2, 0.25) is 5.91 Å². The van der Waals surface area contributed by atoms with Crippen LogP contribution >= 0.6 is 11.3 Å². The number of thiophene rings is 1. The van der Waals surface area contributed by atoms with Gasteiger partial charge in [-0.05, 0) is 24.8 Å². The van der Waals surface area contributed by atoms with E-state index in [1.807, 2.05) is 17.5 Å². The predicted octanol–water partition coefficient (Wildman–Crippen LogP) is 1.26. The van der Waals surface area contributed by atoms with Crippen molar-refractivity contribution < 1.29 is 17.7 Å². The van der Waals surface area contributed by atoms with Gasteiger partial charge in [-0.25, -0.2) is 0 Å². The Morgan fingerprint density at radius 1 is 1.57 bits per heavy atom. The molecule has 0 spiro atoms. The average molecular weight is 356 g/mol. The lowest BCUT2D eigenvalue weighted by Crippen LogP contribution is -2.55. The smallest absolute Gasteiger partial charge is 0.280 e. The number of rotatable bonds is 3. The van der Waals surface area contributed by atoms with Gasteiger partial charge >= 0.3 is 0 Å². The summed E-state index contributed by atoms with van der Waals surface area (Å²) >= 11 is 1.45. The van der Waals surface area contributed by atoms with Crippen molar-refractivity contribution in [1.82, 2.24) is 14.2 Å². The first kappa shape index (κ1) is 16.1. The van der Waals surface area contributed by atoms with Gasteiger partial charge in [-0.15, -0.1) is 11.3 Å². The zero-order valence-electron chi connectivity index (χ0n) is 12.5. The van der Waals surface area contributed by atoms with Crippen molar-refractivity contribution in [3.63, 3.8) is 0 Å². The van der Waals surface area contributed by atoms with Crippen LogP contribution in [-0.4, -0.2) is 36.9 Å². The van der Waals surface area contributed by atoms with Gasteiger partial charge in [-0.2, -0.15) is 17.4 Å². The number of hydrogen-bond donors (Lipinski definition) is 2. The number of anilines is 1. The van der Waals surface area contributed by atoms with E-state index in [-0.39, 0.29) is 5.82 Å². The summed E-state index contributed by atoms with van der Waals surface area (Å²) in [6.07, 6.45) is 0.332. The summed E-state index contributed by atoms with van der Waals surface area (Å²) in [6, 6.07) is 4.01. The summed E-state index contributed by atoms with van der Waals surface area (Å²) in [7, 11) is -2.35. The number of nitrogens with one attached hydrogen (secondary N) is 2. The fraction of sp³-hybridized carbons (Fsp3) is 0.385. The van der Waals surface area contributed by atoms with Crippen molar-refractivity contribution in [3.05, 3.63) is 34.2 Å². The molecule has 10 heteroatoms. The van der Waals surface area contributed by atoms with E-state index in [0.29, 0.717) is 12.2 Å². The van der Waals surface area contributed by atoms with E-state index < -0.39 is 28.2 Å². The molecule has 1 fully saturated rings. The second-order valence-corrected chi connectivity index (χ2v) is 8.01. The zero-order valence-corrected chi connectivity index (χ0v) is 14.1. The molecule has 2 aromatic rings. The van der Waals surface area contributed by atoms with Crippen LogP contribution in [0.25, 0.3) is 0 Å². The molecule has 0 aromatic carbocycles. The lowest BCUT2D eigenvalue weighted by atomic mass is 10.1. The largest absolute Gasteiger partial charge is 0.360 e. The maximum absolute atomic E-state index is 12.5. The minimum atomic E-state index is -3.73. The first-order valence-corrected chi connectivity index (χ1v) is 9.21. The Morgan fingerprint density at radius 3 is 2.96 bits per heavy atom. The molecule has 0 bridgehead atoms. The Bertz CT molecular complexity index is 800. The topological polar surface area (TPSA) is 105 Å². The third kappa shape index (κ3) is 3.29. The zero-order chi connectivity index (χ0) is 16.6. The van der Waals surface area contributed by atoms with Crippen LogP contribution in [0.1, 0.15) is 23.1 Å². The molecule has 1 aliphatic rings. The van der Waals surface area contributed by atoms with Crippen LogP contribution in [0.3, 0.4) is 0 Å². The fourth-order valence-corrected chi connectivity index (χ4v) is 4.55. The minimum Gasteiger partial charge on any atom is -0.360 e. The normalized spacial score (nSPS) is 24.4. The van der Waals surface area contributed by atoms with Crippen LogP contribution in [0.15, 0.2) is 28.1 Å². The third-order valence-electron chi connectivity index (χ3n) is 3.64. The van der Waals surface area contributed by atoms with Gasteiger partial charge in [-0.3, -0.25) is 4.79 Å². The summed E-state index contributed by atoms with van der Waals surface area (Å²) in [5.41, 5.74) is 0. The molecule has 2 atom stereocenters.